The van der Waals surface area contributed by atoms with Crippen LogP contribution in [0.3, 0.4) is 0 Å². The van der Waals surface area contributed by atoms with E-state index in [1.165, 1.54) is 5.57 Å². The SMILES string of the molecule is CC1=CC[C@H](/C=N\NC(=O)COc2ccc(Cl)cc2Cl)CC1. The van der Waals surface area contributed by atoms with Crippen molar-refractivity contribution in [1.82, 2.24) is 5.43 Å². The number of hydrogen-bond acceptors (Lipinski definition) is 3. The molecule has 1 aromatic carbocycles. The van der Waals surface area contributed by atoms with Gasteiger partial charge >= 0.3 is 0 Å². The maximum Gasteiger partial charge on any atom is 0.277 e. The Hall–Kier alpha value is -1.52. The molecule has 0 saturated carbocycles. The average Bonchev–Trinajstić information content (AvgIpc) is 2.48. The largest absolute Gasteiger partial charge is 0.482 e. The van der Waals surface area contributed by atoms with Crippen molar-refractivity contribution in [1.29, 1.82) is 0 Å². The molecule has 0 fully saturated rings. The van der Waals surface area contributed by atoms with Crippen molar-refractivity contribution in [3.63, 3.8) is 0 Å². The number of allylic oxidation sites excluding steroid dienone is 2. The first kappa shape index (κ1) is 16.8. The van der Waals surface area contributed by atoms with Gasteiger partial charge in [-0.3, -0.25) is 4.79 Å². The Balaban J connectivity index is 1.74. The fourth-order valence-electron chi connectivity index (χ4n) is 2.10. The van der Waals surface area contributed by atoms with Crippen LogP contribution >= 0.6 is 23.2 Å². The molecule has 0 aromatic heterocycles. The van der Waals surface area contributed by atoms with Gasteiger partial charge in [-0.2, -0.15) is 5.10 Å². The van der Waals surface area contributed by atoms with Crippen molar-refractivity contribution >= 4 is 35.3 Å². The summed E-state index contributed by atoms with van der Waals surface area (Å²) in [6.45, 7) is 1.98. The Morgan fingerprint density at radius 2 is 2.32 bits per heavy atom. The molecule has 0 saturated heterocycles. The van der Waals surface area contributed by atoms with Gasteiger partial charge in [-0.15, -0.1) is 0 Å². The number of amides is 1. The minimum absolute atomic E-state index is 0.150. The van der Waals surface area contributed by atoms with Gasteiger partial charge in [0.05, 0.1) is 5.02 Å². The lowest BCUT2D eigenvalue weighted by Gasteiger charge is -2.15. The highest BCUT2D eigenvalue weighted by Gasteiger charge is 2.10. The Bertz CT molecular complexity index is 600. The summed E-state index contributed by atoms with van der Waals surface area (Å²) in [4.78, 5) is 11.7. The maximum absolute atomic E-state index is 11.7. The van der Waals surface area contributed by atoms with Crippen molar-refractivity contribution in [2.45, 2.75) is 26.2 Å². The number of benzene rings is 1. The molecule has 118 valence electrons. The van der Waals surface area contributed by atoms with Crippen molar-refractivity contribution in [2.24, 2.45) is 11.0 Å². The minimum Gasteiger partial charge on any atom is -0.482 e. The predicted molar refractivity (Wildman–Crippen MR) is 89.7 cm³/mol. The summed E-state index contributed by atoms with van der Waals surface area (Å²) in [5.74, 6) is 0.471. The molecule has 22 heavy (non-hydrogen) atoms. The van der Waals surface area contributed by atoms with Gasteiger partial charge in [0.25, 0.3) is 5.91 Å². The molecule has 0 bridgehead atoms. The van der Waals surface area contributed by atoms with Crippen LogP contribution < -0.4 is 10.2 Å². The lowest BCUT2D eigenvalue weighted by Crippen LogP contribution is -2.25. The molecule has 6 heteroatoms. The van der Waals surface area contributed by atoms with E-state index in [2.05, 4.69) is 23.5 Å². The molecule has 1 amide bonds. The number of nitrogens with one attached hydrogen (secondary N) is 1. The van der Waals surface area contributed by atoms with Crippen molar-refractivity contribution in [2.75, 3.05) is 6.61 Å². The molecule has 2 rings (SSSR count). The fourth-order valence-corrected chi connectivity index (χ4v) is 2.57. The Morgan fingerprint density at radius 3 is 3.00 bits per heavy atom. The number of rotatable bonds is 5. The molecule has 0 aliphatic heterocycles. The highest BCUT2D eigenvalue weighted by atomic mass is 35.5. The third kappa shape index (κ3) is 5.35. The zero-order valence-corrected chi connectivity index (χ0v) is 13.8. The maximum atomic E-state index is 11.7. The molecule has 1 aliphatic rings. The molecule has 0 spiro atoms. The second kappa shape index (κ2) is 8.20. The van der Waals surface area contributed by atoms with E-state index >= 15 is 0 Å². The first-order valence-corrected chi connectivity index (χ1v) is 7.85. The summed E-state index contributed by atoms with van der Waals surface area (Å²) < 4.78 is 5.32. The minimum atomic E-state index is -0.329. The normalized spacial score (nSPS) is 18.1. The van der Waals surface area contributed by atoms with Gasteiger partial charge in [-0.05, 0) is 50.3 Å². The lowest BCUT2D eigenvalue weighted by atomic mass is 9.91. The molecular weight excluding hydrogens is 323 g/mol. The quantitative estimate of drug-likeness (QED) is 0.495. The predicted octanol–water partition coefficient (Wildman–Crippen LogP) is 4.22. The van der Waals surface area contributed by atoms with Crippen LogP contribution in [0, 0.1) is 5.92 Å². The summed E-state index contributed by atoms with van der Waals surface area (Å²) in [5.41, 5.74) is 3.88. The summed E-state index contributed by atoms with van der Waals surface area (Å²) in [5, 5.41) is 4.87. The second-order valence-electron chi connectivity index (χ2n) is 5.26. The number of hydrogen-bond donors (Lipinski definition) is 1. The van der Waals surface area contributed by atoms with Crippen LogP contribution in [-0.4, -0.2) is 18.7 Å². The number of nitrogens with zero attached hydrogens (tertiary/aromatic N) is 1. The van der Waals surface area contributed by atoms with Crippen LogP contribution in [0.2, 0.25) is 10.0 Å². The van der Waals surface area contributed by atoms with Crippen LogP contribution in [0.15, 0.2) is 34.9 Å². The van der Waals surface area contributed by atoms with Gasteiger partial charge in [0.15, 0.2) is 6.61 Å². The summed E-state index contributed by atoms with van der Waals surface area (Å²) in [7, 11) is 0. The number of ether oxygens (including phenoxy) is 1. The van der Waals surface area contributed by atoms with Crippen molar-refractivity contribution in [3.8, 4) is 5.75 Å². The number of carbonyl (C=O) groups excluding carboxylic acids is 1. The van der Waals surface area contributed by atoms with Crippen LogP contribution in [0.4, 0.5) is 0 Å². The van der Waals surface area contributed by atoms with E-state index in [1.807, 2.05) is 0 Å². The molecule has 0 unspecified atom stereocenters. The number of hydrazone groups is 1. The van der Waals surface area contributed by atoms with Crippen molar-refractivity contribution < 1.29 is 9.53 Å². The highest BCUT2D eigenvalue weighted by molar-refractivity contribution is 6.35. The third-order valence-corrected chi connectivity index (χ3v) is 3.94. The molecular formula is C16H18Cl2N2O2. The molecule has 0 radical (unpaired) electrons. The second-order valence-corrected chi connectivity index (χ2v) is 6.11. The van der Waals surface area contributed by atoms with E-state index in [0.717, 1.165) is 19.3 Å². The lowest BCUT2D eigenvalue weighted by molar-refractivity contribution is -0.123. The zero-order chi connectivity index (χ0) is 15.9. The summed E-state index contributed by atoms with van der Waals surface area (Å²) in [6, 6.07) is 4.84. The Labute approximate surface area is 140 Å². The van der Waals surface area contributed by atoms with E-state index in [4.69, 9.17) is 27.9 Å². The first-order valence-electron chi connectivity index (χ1n) is 7.10. The van der Waals surface area contributed by atoms with Crippen LogP contribution in [0.1, 0.15) is 26.2 Å². The molecule has 1 N–H and O–H groups in total. The summed E-state index contributed by atoms with van der Waals surface area (Å²) in [6.07, 6.45) is 7.13. The standard InChI is InChI=1S/C16H18Cl2N2O2/c1-11-2-4-12(5-3-11)9-19-20-16(21)10-22-15-7-6-13(17)8-14(15)18/h2,6-9,12H,3-5,10H2,1H3,(H,20,21)/b19-9-/t12-/m0/s1. The van der Waals surface area contributed by atoms with Gasteiger partial charge in [-0.25, -0.2) is 5.43 Å². The smallest absolute Gasteiger partial charge is 0.277 e. The number of carbonyl (C=O) groups is 1. The number of halogens is 2. The van der Waals surface area contributed by atoms with E-state index in [9.17, 15) is 4.79 Å². The van der Waals surface area contributed by atoms with Gasteiger partial charge in [0, 0.05) is 11.2 Å². The van der Waals surface area contributed by atoms with Gasteiger partial charge < -0.3 is 4.74 Å². The molecule has 1 aromatic rings. The average molecular weight is 341 g/mol. The van der Waals surface area contributed by atoms with E-state index < -0.39 is 0 Å². The Kier molecular flexibility index (Phi) is 6.28. The zero-order valence-electron chi connectivity index (χ0n) is 12.3. The fraction of sp³-hybridized carbons (Fsp3) is 0.375. The topological polar surface area (TPSA) is 50.7 Å². The van der Waals surface area contributed by atoms with Crippen molar-refractivity contribution in [3.05, 3.63) is 39.9 Å². The Morgan fingerprint density at radius 1 is 1.50 bits per heavy atom. The molecule has 0 heterocycles. The van der Waals surface area contributed by atoms with Crippen LogP contribution in [0.5, 0.6) is 5.75 Å². The molecule has 4 nitrogen and oxygen atoms in total. The molecule has 1 atom stereocenters. The first-order chi connectivity index (χ1) is 10.5. The van der Waals surface area contributed by atoms with E-state index in [1.54, 1.807) is 24.4 Å². The van der Waals surface area contributed by atoms with E-state index in [0.29, 0.717) is 21.7 Å². The van der Waals surface area contributed by atoms with Crippen LogP contribution in [0.25, 0.3) is 0 Å². The van der Waals surface area contributed by atoms with Gasteiger partial charge in [0.1, 0.15) is 5.75 Å². The highest BCUT2D eigenvalue weighted by Crippen LogP contribution is 2.27. The van der Waals surface area contributed by atoms with Crippen LogP contribution in [-0.2, 0) is 4.79 Å². The van der Waals surface area contributed by atoms with Gasteiger partial charge in [-0.1, -0.05) is 34.9 Å². The monoisotopic (exact) mass is 340 g/mol. The summed E-state index contributed by atoms with van der Waals surface area (Å²) >= 11 is 11.7. The molecule has 1 aliphatic carbocycles. The third-order valence-electron chi connectivity index (χ3n) is 3.41. The van der Waals surface area contributed by atoms with E-state index in [-0.39, 0.29) is 12.5 Å². The van der Waals surface area contributed by atoms with Gasteiger partial charge in [0.2, 0.25) is 0 Å².